The van der Waals surface area contributed by atoms with Crippen LogP contribution in [0.1, 0.15) is 27.6 Å². The van der Waals surface area contributed by atoms with E-state index in [0.29, 0.717) is 0 Å². The molecule has 2 aromatic carbocycles. The van der Waals surface area contributed by atoms with Gasteiger partial charge in [-0.15, -0.1) is 0 Å². The number of nitro groups is 2. The molecule has 0 radical (unpaired) electrons. The maximum Gasteiger partial charge on any atom is 0.338 e. The van der Waals surface area contributed by atoms with Crippen LogP contribution in [0.5, 0.6) is 0 Å². The topological polar surface area (TPSA) is 202 Å². The van der Waals surface area contributed by atoms with Gasteiger partial charge < -0.3 is 21.3 Å². The number of carbonyl (C=O) groups is 2. The fourth-order valence-corrected chi connectivity index (χ4v) is 1.94. The highest BCUT2D eigenvalue weighted by atomic mass is 16.6. The molecule has 0 heterocycles. The van der Waals surface area contributed by atoms with Crippen molar-refractivity contribution in [1.29, 1.82) is 0 Å². The molecule has 0 spiro atoms. The van der Waals surface area contributed by atoms with Crippen molar-refractivity contribution in [3.05, 3.63) is 67.8 Å². The van der Waals surface area contributed by atoms with E-state index in [2.05, 4.69) is 0 Å². The molecule has 0 aliphatic heterocycles. The second kappa shape index (κ2) is 9.47. The summed E-state index contributed by atoms with van der Waals surface area (Å²) in [6.07, 6.45) is 0. The van der Waals surface area contributed by atoms with E-state index in [1.54, 1.807) is 6.92 Å². The normalized spacial score (nSPS) is 9.61. The van der Waals surface area contributed by atoms with Crippen LogP contribution in [0, 0.1) is 20.2 Å². The van der Waals surface area contributed by atoms with E-state index >= 15 is 0 Å². The number of anilines is 2. The molecule has 28 heavy (non-hydrogen) atoms. The number of hydrogen-bond donors (Lipinski definition) is 3. The van der Waals surface area contributed by atoms with Gasteiger partial charge in [0.1, 0.15) is 0 Å². The summed E-state index contributed by atoms with van der Waals surface area (Å²) in [5, 5.41) is 29.3. The number of carboxylic acids is 1. The van der Waals surface area contributed by atoms with Crippen molar-refractivity contribution in [2.45, 2.75) is 6.92 Å². The van der Waals surface area contributed by atoms with Crippen LogP contribution < -0.4 is 11.5 Å². The van der Waals surface area contributed by atoms with Crippen molar-refractivity contribution in [1.82, 2.24) is 0 Å². The zero-order valence-electron chi connectivity index (χ0n) is 14.5. The Labute approximate surface area is 157 Å². The number of rotatable bonds is 5. The van der Waals surface area contributed by atoms with Crippen LogP contribution >= 0.6 is 0 Å². The van der Waals surface area contributed by atoms with Gasteiger partial charge in [0.05, 0.1) is 27.6 Å². The van der Waals surface area contributed by atoms with Crippen molar-refractivity contribution < 1.29 is 29.3 Å². The molecule has 0 fully saturated rings. The SMILES string of the molecule is CCOC(=O)c1cc(N)cc([N+](=O)[O-])c1.Nc1cc(C(=O)O)cc([N+](=O)[O-])c1. The third-order valence-corrected chi connectivity index (χ3v) is 3.06. The number of esters is 1. The molecule has 0 aliphatic rings. The molecule has 0 saturated heterocycles. The summed E-state index contributed by atoms with van der Waals surface area (Å²) in [5.41, 5.74) is 10.3. The van der Waals surface area contributed by atoms with Gasteiger partial charge in [-0.25, -0.2) is 9.59 Å². The predicted molar refractivity (Wildman–Crippen MR) is 97.9 cm³/mol. The summed E-state index contributed by atoms with van der Waals surface area (Å²) in [6, 6.07) is 6.88. The molecular formula is C16H16N4O8. The number of nitrogen functional groups attached to an aromatic ring is 2. The number of carboxylic acid groups (broad SMARTS) is 1. The van der Waals surface area contributed by atoms with Gasteiger partial charge in [-0.05, 0) is 19.1 Å². The Bertz CT molecular complexity index is 897. The minimum absolute atomic E-state index is 0.0617. The maximum absolute atomic E-state index is 11.3. The van der Waals surface area contributed by atoms with Gasteiger partial charge in [-0.3, -0.25) is 20.2 Å². The first-order chi connectivity index (χ1) is 13.0. The summed E-state index contributed by atoms with van der Waals surface area (Å²) >= 11 is 0. The summed E-state index contributed by atoms with van der Waals surface area (Å²) in [6.45, 7) is 1.86. The molecule has 2 rings (SSSR count). The largest absolute Gasteiger partial charge is 0.478 e. The van der Waals surface area contributed by atoms with Crippen LogP contribution in [0.15, 0.2) is 36.4 Å². The van der Waals surface area contributed by atoms with Crippen LogP contribution in [0.25, 0.3) is 0 Å². The lowest BCUT2D eigenvalue weighted by Gasteiger charge is -2.02. The summed E-state index contributed by atoms with van der Waals surface area (Å²) in [7, 11) is 0. The van der Waals surface area contributed by atoms with E-state index in [4.69, 9.17) is 21.3 Å². The van der Waals surface area contributed by atoms with Gasteiger partial charge in [0.2, 0.25) is 0 Å². The number of nitrogens with zero attached hydrogens (tertiary/aromatic N) is 2. The second-order valence-corrected chi connectivity index (χ2v) is 5.17. The van der Waals surface area contributed by atoms with E-state index in [9.17, 15) is 29.8 Å². The highest BCUT2D eigenvalue weighted by molar-refractivity contribution is 5.91. The zero-order chi connectivity index (χ0) is 21.4. The molecule has 0 saturated carbocycles. The first-order valence-electron chi connectivity index (χ1n) is 7.55. The fourth-order valence-electron chi connectivity index (χ4n) is 1.94. The third kappa shape index (κ3) is 6.25. The molecule has 0 bridgehead atoms. The molecule has 12 heteroatoms. The van der Waals surface area contributed by atoms with Crippen molar-refractivity contribution in [3.8, 4) is 0 Å². The molecule has 5 N–H and O–H groups in total. The molecule has 0 aliphatic carbocycles. The van der Waals surface area contributed by atoms with E-state index in [-0.39, 0.29) is 40.5 Å². The molecule has 0 unspecified atom stereocenters. The Hall–Kier alpha value is -4.22. The Balaban J connectivity index is 0.000000283. The van der Waals surface area contributed by atoms with Crippen LogP contribution in [0.2, 0.25) is 0 Å². The lowest BCUT2D eigenvalue weighted by Crippen LogP contribution is -2.06. The molecule has 0 amide bonds. The first-order valence-corrected chi connectivity index (χ1v) is 7.55. The van der Waals surface area contributed by atoms with E-state index in [1.807, 2.05) is 0 Å². The summed E-state index contributed by atoms with van der Waals surface area (Å²) in [5.74, 6) is -1.86. The smallest absolute Gasteiger partial charge is 0.338 e. The number of non-ortho nitro benzene ring substituents is 2. The first kappa shape index (κ1) is 21.8. The highest BCUT2D eigenvalue weighted by Crippen LogP contribution is 2.19. The maximum atomic E-state index is 11.3. The number of carbonyl (C=O) groups excluding carboxylic acids is 1. The zero-order valence-corrected chi connectivity index (χ0v) is 14.5. The second-order valence-electron chi connectivity index (χ2n) is 5.17. The van der Waals surface area contributed by atoms with Crippen LogP contribution in [0.4, 0.5) is 22.7 Å². The highest BCUT2D eigenvalue weighted by Gasteiger charge is 2.14. The standard InChI is InChI=1S/C9H10N2O4.C7H6N2O4/c1-2-15-9(12)6-3-7(10)5-8(4-6)11(13)14;8-5-1-4(7(10)11)2-6(3-5)9(12)13/h3-5H,2,10H2,1H3;1-3H,8H2,(H,10,11). The number of nitrogens with two attached hydrogens (primary N) is 2. The quantitative estimate of drug-likeness (QED) is 0.293. The van der Waals surface area contributed by atoms with Crippen molar-refractivity contribution in [2.24, 2.45) is 0 Å². The lowest BCUT2D eigenvalue weighted by molar-refractivity contribution is -0.385. The Morgan fingerprint density at radius 3 is 1.75 bits per heavy atom. The number of benzene rings is 2. The van der Waals surface area contributed by atoms with Gasteiger partial charge in [-0.1, -0.05) is 0 Å². The molecule has 12 nitrogen and oxygen atoms in total. The van der Waals surface area contributed by atoms with E-state index in [1.165, 1.54) is 12.1 Å². The third-order valence-electron chi connectivity index (χ3n) is 3.06. The van der Waals surface area contributed by atoms with Gasteiger partial charge in [0.25, 0.3) is 11.4 Å². The average molecular weight is 392 g/mol. The predicted octanol–water partition coefficient (Wildman–Crippen LogP) is 2.23. The van der Waals surface area contributed by atoms with Crippen LogP contribution in [-0.4, -0.2) is 33.5 Å². The molecule has 0 atom stereocenters. The fraction of sp³-hybridized carbons (Fsp3) is 0.125. The van der Waals surface area contributed by atoms with E-state index in [0.717, 1.165) is 24.3 Å². The average Bonchev–Trinajstić information content (AvgIpc) is 2.61. The van der Waals surface area contributed by atoms with Crippen LogP contribution in [-0.2, 0) is 4.74 Å². The van der Waals surface area contributed by atoms with Gasteiger partial charge in [0, 0.05) is 35.6 Å². The van der Waals surface area contributed by atoms with Gasteiger partial charge in [-0.2, -0.15) is 0 Å². The van der Waals surface area contributed by atoms with Gasteiger partial charge in [0.15, 0.2) is 0 Å². The minimum Gasteiger partial charge on any atom is -0.478 e. The minimum atomic E-state index is -1.24. The number of hydrogen-bond acceptors (Lipinski definition) is 9. The van der Waals surface area contributed by atoms with Crippen LogP contribution in [0.3, 0.4) is 0 Å². The lowest BCUT2D eigenvalue weighted by atomic mass is 10.2. The van der Waals surface area contributed by atoms with Crippen molar-refractivity contribution in [3.63, 3.8) is 0 Å². The van der Waals surface area contributed by atoms with E-state index < -0.39 is 21.8 Å². The summed E-state index contributed by atoms with van der Waals surface area (Å²) in [4.78, 5) is 41.2. The Morgan fingerprint density at radius 1 is 0.929 bits per heavy atom. The molecule has 2 aromatic rings. The summed E-state index contributed by atoms with van der Waals surface area (Å²) < 4.78 is 4.70. The van der Waals surface area contributed by atoms with Gasteiger partial charge >= 0.3 is 11.9 Å². The molecular weight excluding hydrogens is 376 g/mol. The number of nitro benzene ring substituents is 2. The Morgan fingerprint density at radius 2 is 1.36 bits per heavy atom. The monoisotopic (exact) mass is 392 g/mol. The Kier molecular flexibility index (Phi) is 7.38. The van der Waals surface area contributed by atoms with Crippen molar-refractivity contribution in [2.75, 3.05) is 18.1 Å². The van der Waals surface area contributed by atoms with Crippen molar-refractivity contribution >= 4 is 34.7 Å². The number of ether oxygens (including phenoxy) is 1. The molecule has 148 valence electrons. The number of aromatic carboxylic acids is 1. The molecule has 0 aromatic heterocycles.